The highest BCUT2D eigenvalue weighted by Crippen LogP contribution is 2.19. The molecule has 0 radical (unpaired) electrons. The van der Waals surface area contributed by atoms with Crippen molar-refractivity contribution >= 4 is 28.5 Å². The molecule has 0 fully saturated rings. The Morgan fingerprint density at radius 3 is 2.60 bits per heavy atom. The number of para-hydroxylation sites is 2. The molecule has 2 amide bonds. The molecule has 0 bridgehead atoms. The Labute approximate surface area is 173 Å². The first-order chi connectivity index (χ1) is 14.6. The smallest absolute Gasteiger partial charge is 0.251 e. The molecular formula is C23H20N4O3. The molecule has 3 aromatic carbocycles. The molecule has 7 nitrogen and oxygen atoms in total. The molecule has 0 aliphatic carbocycles. The molecule has 2 N–H and O–H groups in total. The minimum absolute atomic E-state index is 0.135. The molecule has 150 valence electrons. The second kappa shape index (κ2) is 8.48. The van der Waals surface area contributed by atoms with Crippen LogP contribution >= 0.6 is 0 Å². The van der Waals surface area contributed by atoms with E-state index in [4.69, 9.17) is 4.74 Å². The van der Waals surface area contributed by atoms with E-state index in [-0.39, 0.29) is 18.4 Å². The number of ether oxygens (including phenoxy) is 1. The first-order valence-corrected chi connectivity index (χ1v) is 9.39. The van der Waals surface area contributed by atoms with E-state index in [1.807, 2.05) is 53.1 Å². The van der Waals surface area contributed by atoms with Crippen LogP contribution in [0.3, 0.4) is 0 Å². The third-order valence-electron chi connectivity index (χ3n) is 4.62. The maximum Gasteiger partial charge on any atom is 0.251 e. The fourth-order valence-corrected chi connectivity index (χ4v) is 3.10. The summed E-state index contributed by atoms with van der Waals surface area (Å²) in [5.74, 6) is -0.0728. The highest BCUT2D eigenvalue weighted by Gasteiger charge is 2.10. The van der Waals surface area contributed by atoms with Gasteiger partial charge in [-0.15, -0.1) is 0 Å². The van der Waals surface area contributed by atoms with E-state index in [0.717, 1.165) is 16.7 Å². The van der Waals surface area contributed by atoms with Gasteiger partial charge in [0.15, 0.2) is 0 Å². The number of fused-ring (bicyclic) bond motifs is 1. The van der Waals surface area contributed by atoms with Gasteiger partial charge in [0, 0.05) is 16.9 Å². The van der Waals surface area contributed by atoms with E-state index in [0.29, 0.717) is 17.0 Å². The molecule has 0 atom stereocenters. The van der Waals surface area contributed by atoms with Gasteiger partial charge in [0.1, 0.15) is 12.1 Å². The fraction of sp³-hybridized carbons (Fsp3) is 0.0870. The lowest BCUT2D eigenvalue weighted by Crippen LogP contribution is -2.32. The van der Waals surface area contributed by atoms with Crippen molar-refractivity contribution in [2.45, 2.75) is 0 Å². The summed E-state index contributed by atoms with van der Waals surface area (Å²) in [6, 6.07) is 22.1. The topological polar surface area (TPSA) is 85.2 Å². The Kier molecular flexibility index (Phi) is 5.43. The van der Waals surface area contributed by atoms with Crippen LogP contribution in [0.25, 0.3) is 16.7 Å². The van der Waals surface area contributed by atoms with Crippen LogP contribution in [-0.2, 0) is 4.79 Å². The number of aromatic nitrogens is 2. The molecule has 0 unspecified atom stereocenters. The fourth-order valence-electron chi connectivity index (χ4n) is 3.10. The lowest BCUT2D eigenvalue weighted by atomic mass is 10.2. The van der Waals surface area contributed by atoms with E-state index in [1.165, 1.54) is 7.11 Å². The first-order valence-electron chi connectivity index (χ1n) is 9.39. The molecule has 0 spiro atoms. The number of imidazole rings is 1. The average molecular weight is 400 g/mol. The number of hydrogen-bond acceptors (Lipinski definition) is 4. The third-order valence-corrected chi connectivity index (χ3v) is 4.62. The number of nitrogens with zero attached hydrogens (tertiary/aromatic N) is 2. The highest BCUT2D eigenvalue weighted by molar-refractivity contribution is 5.99. The Morgan fingerprint density at radius 1 is 1.00 bits per heavy atom. The van der Waals surface area contributed by atoms with Gasteiger partial charge in [-0.1, -0.05) is 18.2 Å². The number of methoxy groups -OCH3 is 1. The van der Waals surface area contributed by atoms with Gasteiger partial charge in [-0.3, -0.25) is 14.2 Å². The van der Waals surface area contributed by atoms with Crippen molar-refractivity contribution in [3.05, 3.63) is 84.7 Å². The van der Waals surface area contributed by atoms with Gasteiger partial charge in [0.25, 0.3) is 5.91 Å². The maximum absolute atomic E-state index is 12.2. The summed E-state index contributed by atoms with van der Waals surface area (Å²) in [5, 5.41) is 5.38. The van der Waals surface area contributed by atoms with Crippen LogP contribution in [0.4, 0.5) is 5.69 Å². The molecule has 1 aromatic heterocycles. The lowest BCUT2D eigenvalue weighted by Gasteiger charge is -2.09. The summed E-state index contributed by atoms with van der Waals surface area (Å²) >= 11 is 0. The summed E-state index contributed by atoms with van der Waals surface area (Å²) in [7, 11) is 1.53. The monoisotopic (exact) mass is 400 g/mol. The van der Waals surface area contributed by atoms with E-state index in [1.54, 1.807) is 30.6 Å². The van der Waals surface area contributed by atoms with Crippen molar-refractivity contribution in [3.8, 4) is 11.4 Å². The molecule has 1 heterocycles. The number of amides is 2. The van der Waals surface area contributed by atoms with E-state index in [9.17, 15) is 9.59 Å². The van der Waals surface area contributed by atoms with Crippen LogP contribution in [0.5, 0.6) is 5.75 Å². The first kappa shape index (κ1) is 19.2. The third kappa shape index (κ3) is 4.15. The van der Waals surface area contributed by atoms with Crippen molar-refractivity contribution in [1.82, 2.24) is 14.9 Å². The zero-order valence-corrected chi connectivity index (χ0v) is 16.3. The van der Waals surface area contributed by atoms with Crippen LogP contribution in [0.1, 0.15) is 10.4 Å². The highest BCUT2D eigenvalue weighted by atomic mass is 16.5. The molecule has 30 heavy (non-hydrogen) atoms. The van der Waals surface area contributed by atoms with Gasteiger partial charge in [0.05, 0.1) is 24.7 Å². The predicted octanol–water partition coefficient (Wildman–Crippen LogP) is 3.40. The van der Waals surface area contributed by atoms with Crippen LogP contribution in [-0.4, -0.2) is 35.0 Å². The minimum atomic E-state index is -0.341. The van der Waals surface area contributed by atoms with Crippen molar-refractivity contribution in [3.63, 3.8) is 0 Å². The standard InChI is InChI=1S/C23H20N4O3/c1-30-19-6-4-5-16(13-19)23(29)24-14-22(28)26-17-9-11-18(12-10-17)27-15-25-20-7-2-3-8-21(20)27/h2-13,15H,14H2,1H3,(H,24,29)(H,26,28). The quantitative estimate of drug-likeness (QED) is 0.519. The van der Waals surface area contributed by atoms with Gasteiger partial charge < -0.3 is 15.4 Å². The summed E-state index contributed by atoms with van der Waals surface area (Å²) in [6.07, 6.45) is 1.77. The van der Waals surface area contributed by atoms with Crippen LogP contribution < -0.4 is 15.4 Å². The number of benzene rings is 3. The normalized spacial score (nSPS) is 10.6. The molecule has 0 saturated heterocycles. The zero-order chi connectivity index (χ0) is 20.9. The molecule has 0 aliphatic heterocycles. The SMILES string of the molecule is COc1cccc(C(=O)NCC(=O)Nc2ccc(-n3cnc4ccccc43)cc2)c1. The summed E-state index contributed by atoms with van der Waals surface area (Å²) in [4.78, 5) is 28.8. The number of hydrogen-bond donors (Lipinski definition) is 2. The van der Waals surface area contributed by atoms with E-state index >= 15 is 0 Å². The molecule has 0 aliphatic rings. The minimum Gasteiger partial charge on any atom is -0.497 e. The Morgan fingerprint density at radius 2 is 1.80 bits per heavy atom. The van der Waals surface area contributed by atoms with Crippen molar-refractivity contribution in [2.24, 2.45) is 0 Å². The molecular weight excluding hydrogens is 380 g/mol. The summed E-state index contributed by atoms with van der Waals surface area (Å²) < 4.78 is 7.09. The van der Waals surface area contributed by atoms with Gasteiger partial charge >= 0.3 is 0 Å². The number of carbonyl (C=O) groups is 2. The van der Waals surface area contributed by atoms with Crippen LogP contribution in [0.15, 0.2) is 79.1 Å². The van der Waals surface area contributed by atoms with E-state index in [2.05, 4.69) is 15.6 Å². The Balaban J connectivity index is 1.36. The summed E-state index contributed by atoms with van der Waals surface area (Å²) in [6.45, 7) is -0.135. The van der Waals surface area contributed by atoms with Crippen molar-refractivity contribution < 1.29 is 14.3 Å². The number of carbonyl (C=O) groups excluding carboxylic acids is 2. The maximum atomic E-state index is 12.2. The largest absolute Gasteiger partial charge is 0.497 e. The zero-order valence-electron chi connectivity index (χ0n) is 16.3. The van der Waals surface area contributed by atoms with Crippen molar-refractivity contribution in [2.75, 3.05) is 19.0 Å². The van der Waals surface area contributed by atoms with Crippen molar-refractivity contribution in [1.29, 1.82) is 0 Å². The average Bonchev–Trinajstić information content (AvgIpc) is 3.22. The Hall–Kier alpha value is -4.13. The molecule has 4 rings (SSSR count). The number of rotatable bonds is 6. The van der Waals surface area contributed by atoms with Crippen LogP contribution in [0.2, 0.25) is 0 Å². The second-order valence-corrected chi connectivity index (χ2v) is 6.61. The Bertz CT molecular complexity index is 1200. The van der Waals surface area contributed by atoms with Gasteiger partial charge in [0.2, 0.25) is 5.91 Å². The van der Waals surface area contributed by atoms with Gasteiger partial charge in [-0.2, -0.15) is 0 Å². The van der Waals surface area contributed by atoms with E-state index < -0.39 is 0 Å². The molecule has 7 heteroatoms. The number of nitrogens with one attached hydrogen (secondary N) is 2. The number of anilines is 1. The molecule has 4 aromatic rings. The predicted molar refractivity (Wildman–Crippen MR) is 115 cm³/mol. The lowest BCUT2D eigenvalue weighted by molar-refractivity contribution is -0.115. The van der Waals surface area contributed by atoms with Crippen LogP contribution in [0, 0.1) is 0 Å². The molecule has 0 saturated carbocycles. The summed E-state index contributed by atoms with van der Waals surface area (Å²) in [5.41, 5.74) is 3.94. The second-order valence-electron chi connectivity index (χ2n) is 6.61. The van der Waals surface area contributed by atoms with Gasteiger partial charge in [-0.05, 0) is 54.6 Å². The van der Waals surface area contributed by atoms with Gasteiger partial charge in [-0.25, -0.2) is 4.98 Å².